The molecule has 0 aliphatic rings. The van der Waals surface area contributed by atoms with E-state index in [4.69, 9.17) is 4.42 Å². The molecule has 0 saturated heterocycles. The zero-order valence-electron chi connectivity index (χ0n) is 8.01. The predicted octanol–water partition coefficient (Wildman–Crippen LogP) is 1.20. The van der Waals surface area contributed by atoms with Gasteiger partial charge in [0.2, 0.25) is 11.8 Å². The fraction of sp³-hybridized carbons (Fsp3) is 0.222. The minimum absolute atomic E-state index is 0.537. The molecule has 0 saturated carbocycles. The quantitative estimate of drug-likeness (QED) is 0.712. The lowest BCUT2D eigenvalue weighted by molar-refractivity contribution is 0.574. The molecule has 0 aromatic carbocycles. The molecule has 0 amide bonds. The zero-order valence-corrected chi connectivity index (χ0v) is 8.01. The molecule has 2 aromatic rings. The topological polar surface area (TPSA) is 55.1 Å². The molecule has 0 aliphatic heterocycles. The molecule has 0 bridgehead atoms. The highest BCUT2D eigenvalue weighted by molar-refractivity contribution is 5.50. The maximum atomic E-state index is 5.12. The summed E-state index contributed by atoms with van der Waals surface area (Å²) in [7, 11) is 3.78. The number of aromatic nitrogens is 3. The number of nitrogens with zero attached hydrogens (tertiary/aromatic N) is 4. The van der Waals surface area contributed by atoms with E-state index in [0.717, 1.165) is 5.56 Å². The fourth-order valence-electron chi connectivity index (χ4n) is 1.03. The molecule has 0 spiro atoms. The van der Waals surface area contributed by atoms with Crippen LogP contribution in [0.1, 0.15) is 0 Å². The number of hydrogen-bond acceptors (Lipinski definition) is 5. The van der Waals surface area contributed by atoms with Crippen molar-refractivity contribution in [3.8, 4) is 11.5 Å². The number of rotatable bonds is 2. The summed E-state index contributed by atoms with van der Waals surface area (Å²) in [5.41, 5.74) is 0.778. The smallest absolute Gasteiger partial charge is 0.229 e. The van der Waals surface area contributed by atoms with Crippen molar-refractivity contribution in [1.29, 1.82) is 0 Å². The van der Waals surface area contributed by atoms with Crippen molar-refractivity contribution in [2.45, 2.75) is 0 Å². The van der Waals surface area contributed by atoms with Crippen LogP contribution in [0.2, 0.25) is 0 Å². The first-order chi connectivity index (χ1) is 6.77. The second-order valence-corrected chi connectivity index (χ2v) is 3.00. The van der Waals surface area contributed by atoms with Gasteiger partial charge in [0.15, 0.2) is 0 Å². The van der Waals surface area contributed by atoms with Crippen LogP contribution in [0, 0.1) is 0 Å². The Balaban J connectivity index is 2.31. The summed E-state index contributed by atoms with van der Waals surface area (Å²) >= 11 is 0. The van der Waals surface area contributed by atoms with Crippen molar-refractivity contribution in [3.05, 3.63) is 24.9 Å². The minimum Gasteiger partial charge on any atom is -0.444 e. The van der Waals surface area contributed by atoms with Crippen LogP contribution in [0.25, 0.3) is 11.5 Å². The Bertz CT molecular complexity index is 393. The van der Waals surface area contributed by atoms with E-state index >= 15 is 0 Å². The zero-order chi connectivity index (χ0) is 9.97. The van der Waals surface area contributed by atoms with Crippen LogP contribution < -0.4 is 4.90 Å². The van der Waals surface area contributed by atoms with Gasteiger partial charge in [-0.25, -0.2) is 15.0 Å². The lowest BCUT2D eigenvalue weighted by Gasteiger charge is -2.08. The average molecular weight is 190 g/mol. The normalized spacial score (nSPS) is 10.1. The average Bonchev–Trinajstić information content (AvgIpc) is 2.71. The van der Waals surface area contributed by atoms with Gasteiger partial charge < -0.3 is 9.32 Å². The van der Waals surface area contributed by atoms with Gasteiger partial charge in [0, 0.05) is 26.5 Å². The lowest BCUT2D eigenvalue weighted by atomic mass is 10.3. The molecule has 5 heteroatoms. The molecule has 2 aromatic heterocycles. The van der Waals surface area contributed by atoms with Crippen molar-refractivity contribution >= 4 is 5.95 Å². The second kappa shape index (κ2) is 3.45. The van der Waals surface area contributed by atoms with Gasteiger partial charge in [-0.05, 0) is 0 Å². The highest BCUT2D eigenvalue weighted by Crippen LogP contribution is 2.15. The van der Waals surface area contributed by atoms with Gasteiger partial charge in [0.05, 0.1) is 11.8 Å². The van der Waals surface area contributed by atoms with Crippen LogP contribution in [0.5, 0.6) is 0 Å². The van der Waals surface area contributed by atoms with E-state index in [1.807, 2.05) is 19.0 Å². The molecule has 0 unspecified atom stereocenters. The summed E-state index contributed by atoms with van der Waals surface area (Å²) in [5, 5.41) is 0. The van der Waals surface area contributed by atoms with Gasteiger partial charge in [-0.2, -0.15) is 0 Å². The Morgan fingerprint density at radius 1 is 1.14 bits per heavy atom. The molecule has 72 valence electrons. The SMILES string of the molecule is CN(C)c1ncc(-c2ncco2)cn1. The van der Waals surface area contributed by atoms with Gasteiger partial charge in [0.1, 0.15) is 6.26 Å². The molecular formula is C9H10N4O. The van der Waals surface area contributed by atoms with Gasteiger partial charge in [-0.15, -0.1) is 0 Å². The highest BCUT2D eigenvalue weighted by atomic mass is 16.3. The van der Waals surface area contributed by atoms with E-state index in [1.165, 1.54) is 6.26 Å². The first-order valence-corrected chi connectivity index (χ1v) is 4.16. The number of hydrogen-bond donors (Lipinski definition) is 0. The Morgan fingerprint density at radius 2 is 1.86 bits per heavy atom. The Labute approximate surface area is 81.4 Å². The van der Waals surface area contributed by atoms with E-state index in [2.05, 4.69) is 15.0 Å². The van der Waals surface area contributed by atoms with E-state index in [-0.39, 0.29) is 0 Å². The standard InChI is InChI=1S/C9H10N4O/c1-13(2)9-11-5-7(6-12-9)8-10-3-4-14-8/h3-6H,1-2H3. The summed E-state index contributed by atoms with van der Waals surface area (Å²) in [6, 6.07) is 0. The first kappa shape index (κ1) is 8.68. The van der Waals surface area contributed by atoms with Crippen LogP contribution in [0.15, 0.2) is 29.3 Å². The molecule has 0 aliphatic carbocycles. The van der Waals surface area contributed by atoms with Crippen LogP contribution in [-0.4, -0.2) is 29.0 Å². The molecular weight excluding hydrogens is 180 g/mol. The fourth-order valence-corrected chi connectivity index (χ4v) is 1.03. The summed E-state index contributed by atoms with van der Waals surface area (Å²) < 4.78 is 5.12. The molecule has 0 atom stereocenters. The molecule has 0 fully saturated rings. The summed E-state index contributed by atoms with van der Waals surface area (Å²) in [4.78, 5) is 14.1. The number of oxazole rings is 1. The van der Waals surface area contributed by atoms with Crippen LogP contribution >= 0.6 is 0 Å². The summed E-state index contributed by atoms with van der Waals surface area (Å²) in [6.45, 7) is 0. The molecule has 5 nitrogen and oxygen atoms in total. The molecule has 0 N–H and O–H groups in total. The predicted molar refractivity (Wildman–Crippen MR) is 51.9 cm³/mol. The van der Waals surface area contributed by atoms with Crippen LogP contribution in [0.3, 0.4) is 0 Å². The molecule has 14 heavy (non-hydrogen) atoms. The minimum atomic E-state index is 0.537. The Hall–Kier alpha value is -1.91. The lowest BCUT2D eigenvalue weighted by Crippen LogP contribution is -2.12. The van der Waals surface area contributed by atoms with Crippen molar-refractivity contribution in [1.82, 2.24) is 15.0 Å². The number of anilines is 1. The summed E-state index contributed by atoms with van der Waals surface area (Å²) in [6.07, 6.45) is 6.49. The van der Waals surface area contributed by atoms with Crippen molar-refractivity contribution in [3.63, 3.8) is 0 Å². The van der Waals surface area contributed by atoms with Gasteiger partial charge >= 0.3 is 0 Å². The van der Waals surface area contributed by atoms with Crippen molar-refractivity contribution in [2.24, 2.45) is 0 Å². The Morgan fingerprint density at radius 3 is 2.36 bits per heavy atom. The third-order valence-electron chi connectivity index (χ3n) is 1.72. The van der Waals surface area contributed by atoms with E-state index in [9.17, 15) is 0 Å². The van der Waals surface area contributed by atoms with Crippen molar-refractivity contribution < 1.29 is 4.42 Å². The maximum absolute atomic E-state index is 5.12. The monoisotopic (exact) mass is 190 g/mol. The third kappa shape index (κ3) is 1.56. The maximum Gasteiger partial charge on any atom is 0.229 e. The summed E-state index contributed by atoms with van der Waals surface area (Å²) in [5.74, 6) is 1.20. The van der Waals surface area contributed by atoms with E-state index in [0.29, 0.717) is 11.8 Å². The molecule has 2 heterocycles. The highest BCUT2D eigenvalue weighted by Gasteiger charge is 2.04. The largest absolute Gasteiger partial charge is 0.444 e. The van der Waals surface area contributed by atoms with Gasteiger partial charge in [-0.3, -0.25) is 0 Å². The van der Waals surface area contributed by atoms with Gasteiger partial charge in [0.25, 0.3) is 0 Å². The van der Waals surface area contributed by atoms with Gasteiger partial charge in [-0.1, -0.05) is 0 Å². The molecule has 2 rings (SSSR count). The Kier molecular flexibility index (Phi) is 2.14. The van der Waals surface area contributed by atoms with Crippen molar-refractivity contribution in [2.75, 3.05) is 19.0 Å². The third-order valence-corrected chi connectivity index (χ3v) is 1.72. The first-order valence-electron chi connectivity index (χ1n) is 4.16. The molecule has 0 radical (unpaired) electrons. The van der Waals surface area contributed by atoms with Crippen LogP contribution in [-0.2, 0) is 0 Å². The van der Waals surface area contributed by atoms with E-state index < -0.39 is 0 Å². The van der Waals surface area contributed by atoms with E-state index in [1.54, 1.807) is 18.6 Å². The van der Waals surface area contributed by atoms with Crippen LogP contribution in [0.4, 0.5) is 5.95 Å². The second-order valence-electron chi connectivity index (χ2n) is 3.00.